The third-order valence-corrected chi connectivity index (χ3v) is 4.83. The average Bonchev–Trinajstić information content (AvgIpc) is 3.20. The van der Waals surface area contributed by atoms with E-state index in [1.54, 1.807) is 23.4 Å². The molecule has 7 nitrogen and oxygen atoms in total. The van der Waals surface area contributed by atoms with E-state index >= 15 is 0 Å². The molecule has 0 bridgehead atoms. The lowest BCUT2D eigenvalue weighted by molar-refractivity contribution is -0.123. The number of piperidine rings is 1. The summed E-state index contributed by atoms with van der Waals surface area (Å²) in [5.74, 6) is 0.0276. The van der Waals surface area contributed by atoms with Gasteiger partial charge in [-0.05, 0) is 43.0 Å². The van der Waals surface area contributed by atoms with Gasteiger partial charge in [-0.2, -0.15) is 4.98 Å². The Morgan fingerprint density at radius 2 is 2.11 bits per heavy atom. The lowest BCUT2D eigenvalue weighted by Gasteiger charge is -2.30. The van der Waals surface area contributed by atoms with Crippen LogP contribution in [-0.2, 0) is 11.2 Å². The summed E-state index contributed by atoms with van der Waals surface area (Å²) < 4.78 is 13.9. The van der Waals surface area contributed by atoms with Gasteiger partial charge in [-0.3, -0.25) is 19.8 Å². The van der Waals surface area contributed by atoms with Crippen LogP contribution in [0.1, 0.15) is 18.4 Å². The number of carbonyl (C=O) groups is 1. The molecule has 0 spiro atoms. The van der Waals surface area contributed by atoms with Crippen LogP contribution >= 0.6 is 0 Å². The normalized spacial score (nSPS) is 16.8. The van der Waals surface area contributed by atoms with E-state index in [2.05, 4.69) is 25.0 Å². The summed E-state index contributed by atoms with van der Waals surface area (Å²) in [6.45, 7) is 7.48. The first kappa shape index (κ1) is 17.8. The molecule has 1 aliphatic heterocycles. The highest BCUT2D eigenvalue weighted by atomic mass is 19.1. The largest absolute Gasteiger partial charge is 0.279 e. The Morgan fingerprint density at radius 3 is 2.86 bits per heavy atom. The van der Waals surface area contributed by atoms with Gasteiger partial charge in [0, 0.05) is 30.4 Å². The topological polar surface area (TPSA) is 79.1 Å². The van der Waals surface area contributed by atoms with Crippen molar-refractivity contribution in [1.29, 1.82) is 0 Å². The molecule has 0 aliphatic carbocycles. The van der Waals surface area contributed by atoms with E-state index < -0.39 is 5.82 Å². The van der Waals surface area contributed by atoms with Gasteiger partial charge in [0.2, 0.25) is 11.6 Å². The van der Waals surface area contributed by atoms with Gasteiger partial charge < -0.3 is 0 Å². The van der Waals surface area contributed by atoms with Gasteiger partial charge in [0.1, 0.15) is 5.82 Å². The van der Waals surface area contributed by atoms with E-state index in [1.165, 1.54) is 12.1 Å². The Hall–Kier alpha value is -3.60. The summed E-state index contributed by atoms with van der Waals surface area (Å²) in [7, 11) is 0. The fraction of sp³-hybridized carbons (Fsp3) is 0.250. The molecule has 4 rings (SSSR count). The molecule has 1 saturated heterocycles. The lowest BCUT2D eigenvalue weighted by atomic mass is 9.90. The molecule has 0 saturated carbocycles. The van der Waals surface area contributed by atoms with Crippen molar-refractivity contribution in [1.82, 2.24) is 20.2 Å². The van der Waals surface area contributed by atoms with Gasteiger partial charge in [0.05, 0.1) is 6.57 Å². The molecular weight excluding hydrogens is 359 g/mol. The van der Waals surface area contributed by atoms with Crippen molar-refractivity contribution < 1.29 is 9.18 Å². The standard InChI is InChI=1S/C20H17FN6O/c1-22-17-5-4-13(12-16(17)21)11-15-3-2-10-27(19(15)28)20-24-18(25-26-20)14-6-8-23-9-7-14/h4-9,12,15H,2-3,10-11H2,(H,24,25,26). The summed E-state index contributed by atoms with van der Waals surface area (Å²) in [5.41, 5.74) is 1.53. The first-order valence-electron chi connectivity index (χ1n) is 8.96. The maximum atomic E-state index is 13.9. The van der Waals surface area contributed by atoms with Gasteiger partial charge >= 0.3 is 0 Å². The molecule has 28 heavy (non-hydrogen) atoms. The van der Waals surface area contributed by atoms with E-state index in [9.17, 15) is 9.18 Å². The van der Waals surface area contributed by atoms with Crippen LogP contribution in [-0.4, -0.2) is 32.6 Å². The Kier molecular flexibility index (Phi) is 4.81. The number of pyridine rings is 1. The highest BCUT2D eigenvalue weighted by Gasteiger charge is 2.32. The number of aromatic amines is 1. The third-order valence-electron chi connectivity index (χ3n) is 4.83. The number of nitrogens with zero attached hydrogens (tertiary/aromatic N) is 5. The second kappa shape index (κ2) is 7.56. The number of aromatic nitrogens is 4. The number of benzene rings is 1. The first-order chi connectivity index (χ1) is 13.7. The van der Waals surface area contributed by atoms with Gasteiger partial charge in [-0.1, -0.05) is 12.1 Å². The van der Waals surface area contributed by atoms with Crippen LogP contribution in [0.4, 0.5) is 16.0 Å². The molecule has 8 heteroatoms. The molecule has 1 aromatic carbocycles. The molecule has 1 unspecified atom stereocenters. The molecule has 1 fully saturated rings. The zero-order valence-electron chi connectivity index (χ0n) is 15.0. The summed E-state index contributed by atoms with van der Waals surface area (Å²) in [4.78, 5) is 26.1. The molecule has 1 aliphatic rings. The van der Waals surface area contributed by atoms with Crippen molar-refractivity contribution in [3.63, 3.8) is 0 Å². The predicted molar refractivity (Wildman–Crippen MR) is 101 cm³/mol. The van der Waals surface area contributed by atoms with E-state index in [0.29, 0.717) is 30.3 Å². The summed E-state index contributed by atoms with van der Waals surface area (Å²) in [6, 6.07) is 8.13. The van der Waals surface area contributed by atoms with Crippen LogP contribution in [0.15, 0.2) is 42.7 Å². The Bertz CT molecular complexity index is 1040. The van der Waals surface area contributed by atoms with Crippen LogP contribution < -0.4 is 4.90 Å². The second-order valence-corrected chi connectivity index (χ2v) is 6.65. The molecule has 3 heterocycles. The number of halogens is 1. The smallest absolute Gasteiger partial charge is 0.251 e. The highest BCUT2D eigenvalue weighted by molar-refractivity contribution is 5.94. The van der Waals surface area contributed by atoms with Crippen LogP contribution in [0.3, 0.4) is 0 Å². The number of hydrogen-bond donors (Lipinski definition) is 1. The van der Waals surface area contributed by atoms with Gasteiger partial charge in [-0.15, -0.1) is 5.10 Å². The highest BCUT2D eigenvalue weighted by Crippen LogP contribution is 2.27. The summed E-state index contributed by atoms with van der Waals surface area (Å²) >= 11 is 0. The first-order valence-corrected chi connectivity index (χ1v) is 8.96. The van der Waals surface area contributed by atoms with Gasteiger partial charge in [0.15, 0.2) is 5.82 Å². The van der Waals surface area contributed by atoms with Gasteiger partial charge in [-0.25, -0.2) is 9.24 Å². The van der Waals surface area contributed by atoms with Crippen LogP contribution in [0, 0.1) is 18.3 Å². The number of rotatable bonds is 4. The maximum absolute atomic E-state index is 13.9. The Morgan fingerprint density at radius 1 is 1.29 bits per heavy atom. The lowest BCUT2D eigenvalue weighted by Crippen LogP contribution is -2.42. The molecule has 0 radical (unpaired) electrons. The zero-order valence-corrected chi connectivity index (χ0v) is 15.0. The van der Waals surface area contributed by atoms with E-state index in [1.807, 2.05) is 12.1 Å². The predicted octanol–water partition coefficient (Wildman–Crippen LogP) is 3.54. The monoisotopic (exact) mass is 376 g/mol. The van der Waals surface area contributed by atoms with E-state index in [-0.39, 0.29) is 17.5 Å². The van der Waals surface area contributed by atoms with Gasteiger partial charge in [0.25, 0.3) is 5.95 Å². The molecule has 3 aromatic rings. The van der Waals surface area contributed by atoms with Crippen molar-refractivity contribution in [2.24, 2.45) is 5.92 Å². The number of H-pyrrole nitrogens is 1. The van der Waals surface area contributed by atoms with Crippen molar-refractivity contribution >= 4 is 17.5 Å². The van der Waals surface area contributed by atoms with Crippen LogP contribution in [0.5, 0.6) is 0 Å². The number of hydrogen-bond acceptors (Lipinski definition) is 4. The number of anilines is 1. The van der Waals surface area contributed by atoms with Crippen molar-refractivity contribution in [3.05, 3.63) is 65.5 Å². The molecule has 1 atom stereocenters. The number of nitrogens with one attached hydrogen (secondary N) is 1. The van der Waals surface area contributed by atoms with Crippen molar-refractivity contribution in [2.75, 3.05) is 11.4 Å². The number of carbonyl (C=O) groups excluding carboxylic acids is 1. The zero-order chi connectivity index (χ0) is 19.5. The molecular formula is C20H17FN6O. The van der Waals surface area contributed by atoms with Crippen molar-refractivity contribution in [3.8, 4) is 11.4 Å². The van der Waals surface area contributed by atoms with Crippen LogP contribution in [0.2, 0.25) is 0 Å². The van der Waals surface area contributed by atoms with Crippen molar-refractivity contribution in [2.45, 2.75) is 19.3 Å². The Labute approximate surface area is 161 Å². The minimum absolute atomic E-state index is 0.00953. The Balaban J connectivity index is 1.51. The molecule has 140 valence electrons. The SMILES string of the molecule is [C-]#[N+]c1ccc(CC2CCCN(c3n[nH]c(-c4ccncc4)n3)C2=O)cc1F. The molecule has 1 amide bonds. The fourth-order valence-corrected chi connectivity index (χ4v) is 3.40. The second-order valence-electron chi connectivity index (χ2n) is 6.65. The summed E-state index contributed by atoms with van der Waals surface area (Å²) in [5, 5.41) is 7.06. The van der Waals surface area contributed by atoms with E-state index in [0.717, 1.165) is 18.4 Å². The van der Waals surface area contributed by atoms with E-state index in [4.69, 9.17) is 6.57 Å². The molecule has 2 aromatic heterocycles. The van der Waals surface area contributed by atoms with Crippen LogP contribution in [0.25, 0.3) is 16.2 Å². The average molecular weight is 376 g/mol. The molecule has 1 N–H and O–H groups in total. The minimum Gasteiger partial charge on any atom is -0.279 e. The fourth-order valence-electron chi connectivity index (χ4n) is 3.40. The number of amides is 1. The maximum Gasteiger partial charge on any atom is 0.251 e. The third kappa shape index (κ3) is 3.47. The summed E-state index contributed by atoms with van der Waals surface area (Å²) in [6.07, 6.45) is 5.30. The quantitative estimate of drug-likeness (QED) is 0.707. The minimum atomic E-state index is -0.552.